The van der Waals surface area contributed by atoms with Crippen molar-refractivity contribution in [2.24, 2.45) is 0 Å². The van der Waals surface area contributed by atoms with Crippen LogP contribution in [0.2, 0.25) is 0 Å². The second-order valence-corrected chi connectivity index (χ2v) is 6.67. The zero-order valence-corrected chi connectivity index (χ0v) is 14.3. The molecule has 0 aliphatic heterocycles. The van der Waals surface area contributed by atoms with E-state index in [1.807, 2.05) is 55.6 Å². The fourth-order valence-corrected chi connectivity index (χ4v) is 2.88. The normalized spacial score (nSPS) is 12.2. The number of thiophene rings is 1. The molecule has 2 N–H and O–H groups in total. The molecule has 1 atom stereocenters. The summed E-state index contributed by atoms with van der Waals surface area (Å²) in [6, 6.07) is 11.3. The Hall–Kier alpha value is -1.85. The second kappa shape index (κ2) is 8.70. The van der Waals surface area contributed by atoms with Crippen molar-refractivity contribution in [3.05, 3.63) is 52.2 Å². The minimum absolute atomic E-state index is 0.0490. The smallest absolute Gasteiger partial charge is 0.220 e. The number of hydrogen-bond donors (Lipinski definition) is 2. The summed E-state index contributed by atoms with van der Waals surface area (Å²) in [6.07, 6.45) is 0.511. The molecule has 124 valence electrons. The molecule has 2 aromatic rings. The number of benzene rings is 1. The van der Waals surface area contributed by atoms with Gasteiger partial charge in [-0.25, -0.2) is 0 Å². The van der Waals surface area contributed by atoms with Crippen molar-refractivity contribution in [1.29, 1.82) is 0 Å². The van der Waals surface area contributed by atoms with Gasteiger partial charge < -0.3 is 15.2 Å². The predicted octanol–water partition coefficient (Wildman–Crippen LogP) is 3.32. The molecule has 0 unspecified atom stereocenters. The van der Waals surface area contributed by atoms with Gasteiger partial charge in [-0.1, -0.05) is 18.2 Å². The SMILES string of the molecule is CC(C)Oc1cccc([C@H](O)CNC(=O)CCc2cccs2)c1. The summed E-state index contributed by atoms with van der Waals surface area (Å²) in [5.74, 6) is 0.674. The van der Waals surface area contributed by atoms with E-state index in [0.717, 1.165) is 17.7 Å². The van der Waals surface area contributed by atoms with Crippen LogP contribution in [0.1, 0.15) is 36.8 Å². The Kier molecular flexibility index (Phi) is 6.62. The van der Waals surface area contributed by atoms with E-state index in [0.29, 0.717) is 6.42 Å². The third-order valence-corrected chi connectivity index (χ3v) is 4.22. The number of aliphatic hydroxyl groups excluding tert-OH is 1. The number of ether oxygens (including phenoxy) is 1. The quantitative estimate of drug-likeness (QED) is 0.779. The van der Waals surface area contributed by atoms with Crippen LogP contribution in [0.3, 0.4) is 0 Å². The van der Waals surface area contributed by atoms with Crippen LogP contribution in [0, 0.1) is 0 Å². The van der Waals surface area contributed by atoms with Crippen molar-refractivity contribution in [1.82, 2.24) is 5.32 Å². The van der Waals surface area contributed by atoms with Gasteiger partial charge in [0.2, 0.25) is 5.91 Å². The molecule has 0 radical (unpaired) electrons. The first-order valence-corrected chi connectivity index (χ1v) is 8.66. The number of amides is 1. The fourth-order valence-electron chi connectivity index (χ4n) is 2.18. The molecule has 23 heavy (non-hydrogen) atoms. The molecule has 0 saturated heterocycles. The van der Waals surface area contributed by atoms with Crippen molar-refractivity contribution < 1.29 is 14.6 Å². The molecule has 1 aromatic heterocycles. The monoisotopic (exact) mass is 333 g/mol. The highest BCUT2D eigenvalue weighted by atomic mass is 32.1. The van der Waals surface area contributed by atoms with E-state index in [2.05, 4.69) is 5.32 Å². The molecule has 1 amide bonds. The molecule has 0 spiro atoms. The molecule has 0 fully saturated rings. The van der Waals surface area contributed by atoms with Crippen LogP contribution in [0.15, 0.2) is 41.8 Å². The van der Waals surface area contributed by atoms with E-state index < -0.39 is 6.10 Å². The predicted molar refractivity (Wildman–Crippen MR) is 92.8 cm³/mol. The Labute approximate surface area is 141 Å². The van der Waals surface area contributed by atoms with E-state index in [4.69, 9.17) is 4.74 Å². The topological polar surface area (TPSA) is 58.6 Å². The van der Waals surface area contributed by atoms with Crippen LogP contribution in [0.4, 0.5) is 0 Å². The van der Waals surface area contributed by atoms with Gasteiger partial charge in [0.15, 0.2) is 0 Å². The molecular weight excluding hydrogens is 310 g/mol. The van der Waals surface area contributed by atoms with Gasteiger partial charge >= 0.3 is 0 Å². The number of carbonyl (C=O) groups excluding carboxylic acids is 1. The molecule has 0 saturated carbocycles. The van der Waals surface area contributed by atoms with Crippen LogP contribution < -0.4 is 10.1 Å². The molecule has 1 aromatic carbocycles. The Balaban J connectivity index is 1.79. The van der Waals surface area contributed by atoms with Crippen LogP contribution in [0.5, 0.6) is 5.75 Å². The van der Waals surface area contributed by atoms with Gasteiger partial charge in [0, 0.05) is 17.8 Å². The minimum Gasteiger partial charge on any atom is -0.491 e. The maximum absolute atomic E-state index is 11.8. The molecule has 1 heterocycles. The third-order valence-electron chi connectivity index (χ3n) is 3.29. The maximum atomic E-state index is 11.8. The summed E-state index contributed by atoms with van der Waals surface area (Å²) < 4.78 is 5.61. The van der Waals surface area contributed by atoms with Crippen molar-refractivity contribution in [2.45, 2.75) is 38.9 Å². The first-order chi connectivity index (χ1) is 11.0. The molecule has 0 bridgehead atoms. The van der Waals surface area contributed by atoms with E-state index in [9.17, 15) is 9.90 Å². The van der Waals surface area contributed by atoms with Crippen LogP contribution in [0.25, 0.3) is 0 Å². The summed E-state index contributed by atoms with van der Waals surface area (Å²) >= 11 is 1.65. The fraction of sp³-hybridized carbons (Fsp3) is 0.389. The molecule has 0 aliphatic rings. The lowest BCUT2D eigenvalue weighted by molar-refractivity contribution is -0.121. The van der Waals surface area contributed by atoms with Crippen LogP contribution >= 0.6 is 11.3 Å². The van der Waals surface area contributed by atoms with Crippen molar-refractivity contribution >= 4 is 17.2 Å². The number of nitrogens with one attached hydrogen (secondary N) is 1. The number of carbonyl (C=O) groups is 1. The highest BCUT2D eigenvalue weighted by Gasteiger charge is 2.11. The minimum atomic E-state index is -0.739. The van der Waals surface area contributed by atoms with Gasteiger partial charge in [-0.15, -0.1) is 11.3 Å². The number of hydrogen-bond acceptors (Lipinski definition) is 4. The zero-order valence-electron chi connectivity index (χ0n) is 13.5. The largest absolute Gasteiger partial charge is 0.491 e. The molecule has 0 aliphatic carbocycles. The van der Waals surface area contributed by atoms with Gasteiger partial charge in [0.25, 0.3) is 0 Å². The summed E-state index contributed by atoms with van der Waals surface area (Å²) in [5.41, 5.74) is 0.738. The van der Waals surface area contributed by atoms with E-state index >= 15 is 0 Å². The van der Waals surface area contributed by atoms with E-state index in [-0.39, 0.29) is 18.6 Å². The number of aliphatic hydroxyl groups is 1. The molecular formula is C18H23NO3S. The first-order valence-electron chi connectivity index (χ1n) is 7.78. The van der Waals surface area contributed by atoms with Gasteiger partial charge in [-0.3, -0.25) is 4.79 Å². The van der Waals surface area contributed by atoms with Crippen molar-refractivity contribution in [3.63, 3.8) is 0 Å². The lowest BCUT2D eigenvalue weighted by atomic mass is 10.1. The van der Waals surface area contributed by atoms with E-state index in [1.165, 1.54) is 4.88 Å². The number of aryl methyl sites for hydroxylation is 1. The van der Waals surface area contributed by atoms with E-state index in [1.54, 1.807) is 11.3 Å². The Morgan fingerprint density at radius 3 is 2.83 bits per heavy atom. The van der Waals surface area contributed by atoms with Crippen molar-refractivity contribution in [2.75, 3.05) is 6.54 Å². The van der Waals surface area contributed by atoms with Gasteiger partial charge in [-0.2, -0.15) is 0 Å². The van der Waals surface area contributed by atoms with Crippen molar-refractivity contribution in [3.8, 4) is 5.75 Å². The standard InChI is InChI=1S/C18H23NO3S/c1-13(2)22-15-6-3-5-14(11-15)17(20)12-19-18(21)9-8-16-7-4-10-23-16/h3-7,10-11,13,17,20H,8-9,12H2,1-2H3,(H,19,21)/t17-/m1/s1. The van der Waals surface area contributed by atoms with Crippen LogP contribution in [-0.4, -0.2) is 23.7 Å². The van der Waals surface area contributed by atoms with Gasteiger partial charge in [0.1, 0.15) is 5.75 Å². The Morgan fingerprint density at radius 1 is 1.30 bits per heavy atom. The highest BCUT2D eigenvalue weighted by molar-refractivity contribution is 7.09. The summed E-state index contributed by atoms with van der Waals surface area (Å²) in [6.45, 7) is 4.11. The Morgan fingerprint density at radius 2 is 2.13 bits per heavy atom. The molecule has 2 rings (SSSR count). The summed E-state index contributed by atoms with van der Waals surface area (Å²) in [5, 5.41) is 15.0. The molecule has 5 heteroatoms. The average Bonchev–Trinajstić information content (AvgIpc) is 3.03. The molecule has 4 nitrogen and oxygen atoms in total. The first kappa shape index (κ1) is 17.5. The van der Waals surface area contributed by atoms with Crippen LogP contribution in [-0.2, 0) is 11.2 Å². The zero-order chi connectivity index (χ0) is 16.7. The highest BCUT2D eigenvalue weighted by Crippen LogP contribution is 2.20. The van der Waals surface area contributed by atoms with Gasteiger partial charge in [0.05, 0.1) is 12.2 Å². The Bertz CT molecular complexity index is 610. The lowest BCUT2D eigenvalue weighted by Gasteiger charge is -2.15. The number of rotatable bonds is 8. The summed E-state index contributed by atoms with van der Waals surface area (Å²) in [4.78, 5) is 13.0. The third kappa shape index (κ3) is 6.04. The summed E-state index contributed by atoms with van der Waals surface area (Å²) in [7, 11) is 0. The van der Waals surface area contributed by atoms with Gasteiger partial charge in [-0.05, 0) is 49.4 Å². The average molecular weight is 333 g/mol. The second-order valence-electron chi connectivity index (χ2n) is 5.64. The maximum Gasteiger partial charge on any atom is 0.220 e. The lowest BCUT2D eigenvalue weighted by Crippen LogP contribution is -2.28.